The normalized spacial score (nSPS) is 20.5. The average molecular weight is 308 g/mol. The Hall–Kier alpha value is -2.46. The van der Waals surface area contributed by atoms with Crippen LogP contribution in [0.25, 0.3) is 0 Å². The first kappa shape index (κ1) is 15.4. The largest absolute Gasteiger partial charge is 0.336 e. The van der Waals surface area contributed by atoms with Crippen LogP contribution >= 0.6 is 0 Å². The van der Waals surface area contributed by atoms with E-state index in [4.69, 9.17) is 5.73 Å². The minimum absolute atomic E-state index is 0.00339. The molecule has 4 heteroatoms. The molecule has 1 aliphatic rings. The number of benzene rings is 2. The highest BCUT2D eigenvalue weighted by Gasteiger charge is 2.34. The van der Waals surface area contributed by atoms with E-state index in [2.05, 4.69) is 12.1 Å². The van der Waals surface area contributed by atoms with Gasteiger partial charge in [0.2, 0.25) is 0 Å². The van der Waals surface area contributed by atoms with Gasteiger partial charge in [-0.1, -0.05) is 42.5 Å². The molecule has 3 rings (SSSR count). The summed E-state index contributed by atoms with van der Waals surface area (Å²) < 4.78 is 0. The van der Waals surface area contributed by atoms with Gasteiger partial charge in [-0.15, -0.1) is 0 Å². The Labute approximate surface area is 135 Å². The molecule has 2 aromatic rings. The number of carbonyl (C=O) groups excluding carboxylic acids is 2. The third-order valence-electron chi connectivity index (χ3n) is 4.42. The monoisotopic (exact) mass is 308 g/mol. The van der Waals surface area contributed by atoms with Crippen molar-refractivity contribution >= 4 is 11.7 Å². The fraction of sp³-hybridized carbons (Fsp3) is 0.263. The third kappa shape index (κ3) is 3.17. The van der Waals surface area contributed by atoms with Gasteiger partial charge in [-0.05, 0) is 24.6 Å². The van der Waals surface area contributed by atoms with Gasteiger partial charge in [0.05, 0.1) is 0 Å². The summed E-state index contributed by atoms with van der Waals surface area (Å²) in [4.78, 5) is 25.7. The third-order valence-corrected chi connectivity index (χ3v) is 4.42. The number of nitrogens with zero attached hydrogens (tertiary/aromatic N) is 1. The van der Waals surface area contributed by atoms with Crippen molar-refractivity contribution in [2.75, 3.05) is 13.1 Å². The zero-order chi connectivity index (χ0) is 16.4. The van der Waals surface area contributed by atoms with Gasteiger partial charge in [0.1, 0.15) is 0 Å². The smallest absolute Gasteiger partial charge is 0.253 e. The number of nitrogens with two attached hydrogens (primary N) is 1. The summed E-state index contributed by atoms with van der Waals surface area (Å²) in [6, 6.07) is 16.8. The van der Waals surface area contributed by atoms with Gasteiger partial charge in [-0.3, -0.25) is 9.59 Å². The molecule has 2 N–H and O–H groups in total. The summed E-state index contributed by atoms with van der Waals surface area (Å²) in [5.41, 5.74) is 8.62. The van der Waals surface area contributed by atoms with Gasteiger partial charge >= 0.3 is 0 Å². The van der Waals surface area contributed by atoms with Crippen molar-refractivity contribution in [1.82, 2.24) is 4.90 Å². The summed E-state index contributed by atoms with van der Waals surface area (Å²) in [5, 5.41) is 0. The van der Waals surface area contributed by atoms with Crippen LogP contribution in [0.15, 0.2) is 54.6 Å². The Morgan fingerprint density at radius 2 is 1.57 bits per heavy atom. The Kier molecular flexibility index (Phi) is 4.26. The molecule has 2 atom stereocenters. The van der Waals surface area contributed by atoms with Crippen LogP contribution in [-0.4, -0.2) is 35.7 Å². The number of rotatable bonds is 3. The van der Waals surface area contributed by atoms with E-state index < -0.39 is 0 Å². The van der Waals surface area contributed by atoms with Crippen LogP contribution in [0.5, 0.6) is 0 Å². The second-order valence-corrected chi connectivity index (χ2v) is 6.02. The lowest BCUT2D eigenvalue weighted by Gasteiger charge is -2.16. The number of ketones is 1. The molecule has 23 heavy (non-hydrogen) atoms. The van der Waals surface area contributed by atoms with Crippen molar-refractivity contribution in [3.05, 3.63) is 71.3 Å². The number of amides is 1. The molecule has 0 spiro atoms. The van der Waals surface area contributed by atoms with Crippen molar-refractivity contribution in [2.24, 2.45) is 5.73 Å². The minimum Gasteiger partial charge on any atom is -0.336 e. The van der Waals surface area contributed by atoms with Gasteiger partial charge in [0, 0.05) is 36.2 Å². The molecular formula is C19H20N2O2. The molecule has 0 saturated carbocycles. The fourth-order valence-corrected chi connectivity index (χ4v) is 3.08. The maximum absolute atomic E-state index is 12.6. The van der Waals surface area contributed by atoms with Crippen molar-refractivity contribution in [2.45, 2.75) is 18.9 Å². The molecule has 4 nitrogen and oxygen atoms in total. The molecule has 2 aromatic carbocycles. The predicted octanol–water partition coefficient (Wildman–Crippen LogP) is 2.46. The van der Waals surface area contributed by atoms with Crippen LogP contribution in [0.3, 0.4) is 0 Å². The molecule has 0 radical (unpaired) electrons. The second kappa shape index (κ2) is 6.34. The van der Waals surface area contributed by atoms with E-state index in [-0.39, 0.29) is 23.7 Å². The van der Waals surface area contributed by atoms with Crippen LogP contribution < -0.4 is 5.73 Å². The standard InChI is InChI=1S/C19H20N2O2/c1-13(22)14-7-9-16(10-8-14)19(23)21-11-17(18(20)12-21)15-5-3-2-4-6-15/h2-10,17-18H,11-12,20H2,1H3/t17-,18+/m0/s1. The highest BCUT2D eigenvalue weighted by molar-refractivity contribution is 5.97. The Bertz CT molecular complexity index is 710. The van der Waals surface area contributed by atoms with E-state index in [0.717, 1.165) is 0 Å². The van der Waals surface area contributed by atoms with Gasteiger partial charge in [-0.2, -0.15) is 0 Å². The molecule has 1 aliphatic heterocycles. The van der Waals surface area contributed by atoms with Crippen LogP contribution in [-0.2, 0) is 0 Å². The summed E-state index contributed by atoms with van der Waals surface area (Å²) in [7, 11) is 0. The topological polar surface area (TPSA) is 63.4 Å². The van der Waals surface area contributed by atoms with Crippen molar-refractivity contribution in [3.8, 4) is 0 Å². The van der Waals surface area contributed by atoms with E-state index >= 15 is 0 Å². The van der Waals surface area contributed by atoms with E-state index in [9.17, 15) is 9.59 Å². The quantitative estimate of drug-likeness (QED) is 0.886. The minimum atomic E-state index is -0.0576. The average Bonchev–Trinajstić information content (AvgIpc) is 2.97. The Morgan fingerprint density at radius 3 is 2.17 bits per heavy atom. The van der Waals surface area contributed by atoms with Crippen LogP contribution in [0, 0.1) is 0 Å². The molecule has 0 bridgehead atoms. The van der Waals surface area contributed by atoms with Gasteiger partial charge in [0.25, 0.3) is 5.91 Å². The SMILES string of the molecule is CC(=O)c1ccc(C(=O)N2C[C@@H](N)[C@H](c3ccccc3)C2)cc1. The van der Waals surface area contributed by atoms with Crippen molar-refractivity contribution in [3.63, 3.8) is 0 Å². The van der Waals surface area contributed by atoms with Gasteiger partial charge in [-0.25, -0.2) is 0 Å². The Balaban J connectivity index is 1.75. The molecule has 1 fully saturated rings. The lowest BCUT2D eigenvalue weighted by Crippen LogP contribution is -2.32. The van der Waals surface area contributed by atoms with Crippen LogP contribution in [0.4, 0.5) is 0 Å². The molecule has 0 unspecified atom stereocenters. The predicted molar refractivity (Wildman–Crippen MR) is 89.5 cm³/mol. The van der Waals surface area contributed by atoms with Crippen molar-refractivity contribution in [1.29, 1.82) is 0 Å². The molecule has 1 saturated heterocycles. The van der Waals surface area contributed by atoms with E-state index in [1.54, 1.807) is 29.2 Å². The van der Waals surface area contributed by atoms with Crippen molar-refractivity contribution < 1.29 is 9.59 Å². The zero-order valence-corrected chi connectivity index (χ0v) is 13.1. The summed E-state index contributed by atoms with van der Waals surface area (Å²) in [6.07, 6.45) is 0. The first-order valence-corrected chi connectivity index (χ1v) is 7.77. The van der Waals surface area contributed by atoms with E-state index in [1.807, 2.05) is 18.2 Å². The number of hydrogen-bond acceptors (Lipinski definition) is 3. The fourth-order valence-electron chi connectivity index (χ4n) is 3.08. The second-order valence-electron chi connectivity index (χ2n) is 6.02. The summed E-state index contributed by atoms with van der Waals surface area (Å²) >= 11 is 0. The number of likely N-dealkylation sites (tertiary alicyclic amines) is 1. The van der Waals surface area contributed by atoms with E-state index in [0.29, 0.717) is 24.2 Å². The number of hydrogen-bond donors (Lipinski definition) is 1. The summed E-state index contributed by atoms with van der Waals surface area (Å²) in [6.45, 7) is 2.69. The van der Waals surface area contributed by atoms with Crippen LogP contribution in [0.2, 0.25) is 0 Å². The van der Waals surface area contributed by atoms with Gasteiger partial charge in [0.15, 0.2) is 5.78 Å². The first-order chi connectivity index (χ1) is 11.1. The lowest BCUT2D eigenvalue weighted by atomic mass is 9.95. The molecular weight excluding hydrogens is 288 g/mol. The first-order valence-electron chi connectivity index (χ1n) is 7.77. The number of carbonyl (C=O) groups is 2. The van der Waals surface area contributed by atoms with E-state index in [1.165, 1.54) is 12.5 Å². The maximum atomic E-state index is 12.6. The highest BCUT2D eigenvalue weighted by atomic mass is 16.2. The molecule has 118 valence electrons. The van der Waals surface area contributed by atoms with Gasteiger partial charge < -0.3 is 10.6 Å². The maximum Gasteiger partial charge on any atom is 0.253 e. The molecule has 0 aromatic heterocycles. The van der Waals surface area contributed by atoms with Crippen LogP contribution in [0.1, 0.15) is 39.1 Å². The molecule has 1 amide bonds. The summed E-state index contributed by atoms with van der Waals surface area (Å²) in [5.74, 6) is 0.127. The highest BCUT2D eigenvalue weighted by Crippen LogP contribution is 2.27. The molecule has 1 heterocycles. The molecule has 0 aliphatic carbocycles. The zero-order valence-electron chi connectivity index (χ0n) is 13.1. The lowest BCUT2D eigenvalue weighted by molar-refractivity contribution is 0.0788. The Morgan fingerprint density at radius 1 is 0.957 bits per heavy atom. The number of Topliss-reactive ketones (excluding diaryl/α,β-unsaturated/α-hetero) is 1.